The molecule has 5 aromatic rings. The third kappa shape index (κ3) is 2.57. The monoisotopic (exact) mass is 405 g/mol. The number of hydrogen-bond donors (Lipinski definition) is 1. The van der Waals surface area contributed by atoms with Crippen molar-refractivity contribution in [2.75, 3.05) is 0 Å². The molecule has 150 valence electrons. The lowest BCUT2D eigenvalue weighted by atomic mass is 9.88. The zero-order chi connectivity index (χ0) is 21.2. The molecule has 0 saturated heterocycles. The molecular weight excluding hydrogens is 386 g/mol. The van der Waals surface area contributed by atoms with Gasteiger partial charge in [0.1, 0.15) is 0 Å². The van der Waals surface area contributed by atoms with Crippen LogP contribution >= 0.6 is 0 Å². The van der Waals surface area contributed by atoms with E-state index in [2.05, 4.69) is 0 Å². The van der Waals surface area contributed by atoms with Crippen molar-refractivity contribution in [1.82, 2.24) is 14.5 Å². The van der Waals surface area contributed by atoms with Gasteiger partial charge in [-0.1, -0.05) is 54.1 Å². The van der Waals surface area contributed by atoms with Crippen LogP contribution in [0.15, 0.2) is 83.7 Å². The summed E-state index contributed by atoms with van der Waals surface area (Å²) >= 11 is 0. The number of benzene rings is 3. The normalized spacial score (nSPS) is 17.1. The van der Waals surface area contributed by atoms with Crippen LogP contribution in [0.3, 0.4) is 0 Å². The summed E-state index contributed by atoms with van der Waals surface area (Å²) in [6.07, 6.45) is 0.221. The van der Waals surface area contributed by atoms with Crippen LogP contribution in [-0.2, 0) is 12.0 Å². The smallest absolute Gasteiger partial charge is 0.266 e. The average molecular weight is 405 g/mol. The molecule has 3 heterocycles. The highest BCUT2D eigenvalue weighted by atomic mass is 16.3. The molecule has 5 nitrogen and oxygen atoms in total. The Morgan fingerprint density at radius 2 is 1.68 bits per heavy atom. The van der Waals surface area contributed by atoms with E-state index < -0.39 is 5.60 Å². The molecule has 31 heavy (non-hydrogen) atoms. The predicted octanol–water partition coefficient (Wildman–Crippen LogP) is 4.03. The molecule has 0 spiro atoms. The summed E-state index contributed by atoms with van der Waals surface area (Å²) < 4.78 is 1.55. The van der Waals surface area contributed by atoms with Gasteiger partial charge in [-0.15, -0.1) is 0 Å². The number of para-hydroxylation sites is 2. The van der Waals surface area contributed by atoms with Crippen LogP contribution in [0.2, 0.25) is 0 Å². The lowest BCUT2D eigenvalue weighted by Gasteiger charge is -2.24. The number of fused-ring (bicyclic) bond motifs is 5. The SMILES string of the molecule is Cc1ccc2c(c1)C(O)(Cc1ccc3ccccc3n1)c1nc3ccccc3c(=O)n1-2. The largest absolute Gasteiger partial charge is 0.377 e. The number of aryl methyl sites for hydroxylation is 1. The Labute approximate surface area is 178 Å². The summed E-state index contributed by atoms with van der Waals surface area (Å²) in [5.74, 6) is 0.340. The maximum Gasteiger partial charge on any atom is 0.266 e. The van der Waals surface area contributed by atoms with Crippen molar-refractivity contribution >= 4 is 21.8 Å². The average Bonchev–Trinajstić information content (AvgIpc) is 3.02. The van der Waals surface area contributed by atoms with Gasteiger partial charge in [0.15, 0.2) is 11.4 Å². The first-order valence-electron chi connectivity index (χ1n) is 10.3. The lowest BCUT2D eigenvalue weighted by Crippen LogP contribution is -2.32. The van der Waals surface area contributed by atoms with Gasteiger partial charge in [-0.2, -0.15) is 0 Å². The van der Waals surface area contributed by atoms with Gasteiger partial charge in [-0.25, -0.2) is 4.98 Å². The fraction of sp³-hybridized carbons (Fsp3) is 0.115. The Morgan fingerprint density at radius 3 is 2.55 bits per heavy atom. The van der Waals surface area contributed by atoms with Gasteiger partial charge >= 0.3 is 0 Å². The van der Waals surface area contributed by atoms with Crippen LogP contribution in [0.5, 0.6) is 0 Å². The number of aromatic nitrogens is 3. The zero-order valence-electron chi connectivity index (χ0n) is 16.9. The molecular formula is C26H19N3O2. The zero-order valence-corrected chi connectivity index (χ0v) is 16.9. The highest BCUT2D eigenvalue weighted by Crippen LogP contribution is 2.42. The minimum atomic E-state index is -1.46. The van der Waals surface area contributed by atoms with Crippen molar-refractivity contribution in [2.24, 2.45) is 0 Å². The standard InChI is InChI=1S/C26H19N3O2/c1-16-10-13-23-20(14-16)26(31,15-18-12-11-17-6-2-4-8-21(17)27-18)25-28-22-9-5-3-7-19(22)24(30)29(23)25/h2-14,31H,15H2,1H3. The predicted molar refractivity (Wildman–Crippen MR) is 121 cm³/mol. The van der Waals surface area contributed by atoms with E-state index in [-0.39, 0.29) is 12.0 Å². The third-order valence-corrected chi connectivity index (χ3v) is 6.08. The van der Waals surface area contributed by atoms with Gasteiger partial charge in [-0.05, 0) is 37.3 Å². The van der Waals surface area contributed by atoms with Crippen LogP contribution in [0.25, 0.3) is 27.5 Å². The molecule has 2 aromatic heterocycles. The van der Waals surface area contributed by atoms with Crippen molar-refractivity contribution in [3.05, 3.63) is 112 Å². The molecule has 1 N–H and O–H groups in total. The van der Waals surface area contributed by atoms with Gasteiger partial charge in [0, 0.05) is 23.1 Å². The van der Waals surface area contributed by atoms with E-state index in [1.54, 1.807) is 16.7 Å². The Bertz CT molecular complexity index is 1570. The summed E-state index contributed by atoms with van der Waals surface area (Å²) in [5.41, 5.74) is 2.92. The first-order chi connectivity index (χ1) is 15.0. The molecule has 1 aliphatic rings. The maximum absolute atomic E-state index is 13.4. The first kappa shape index (κ1) is 18.0. The van der Waals surface area contributed by atoms with Crippen molar-refractivity contribution in [3.8, 4) is 5.69 Å². The molecule has 6 rings (SSSR count). The molecule has 1 unspecified atom stereocenters. The number of hydrogen-bond acceptors (Lipinski definition) is 4. The van der Waals surface area contributed by atoms with Gasteiger partial charge in [0.2, 0.25) is 0 Å². The van der Waals surface area contributed by atoms with E-state index in [0.717, 1.165) is 22.2 Å². The molecule has 0 bridgehead atoms. The van der Waals surface area contributed by atoms with Gasteiger partial charge in [0.05, 0.1) is 22.1 Å². The second-order valence-electron chi connectivity index (χ2n) is 8.15. The van der Waals surface area contributed by atoms with Gasteiger partial charge in [0.25, 0.3) is 5.56 Å². The number of pyridine rings is 1. The van der Waals surface area contributed by atoms with Crippen LogP contribution in [-0.4, -0.2) is 19.6 Å². The molecule has 0 amide bonds. The minimum absolute atomic E-state index is 0.173. The lowest BCUT2D eigenvalue weighted by molar-refractivity contribution is 0.0764. The van der Waals surface area contributed by atoms with Crippen molar-refractivity contribution in [3.63, 3.8) is 0 Å². The fourth-order valence-corrected chi connectivity index (χ4v) is 4.57. The Balaban J connectivity index is 1.62. The van der Waals surface area contributed by atoms with Crippen LogP contribution in [0.1, 0.15) is 22.6 Å². The third-order valence-electron chi connectivity index (χ3n) is 6.08. The van der Waals surface area contributed by atoms with E-state index in [0.29, 0.717) is 28.0 Å². The van der Waals surface area contributed by atoms with Crippen LogP contribution in [0.4, 0.5) is 0 Å². The summed E-state index contributed by atoms with van der Waals surface area (Å²) in [4.78, 5) is 22.9. The second kappa shape index (κ2) is 6.33. The molecule has 5 heteroatoms. The van der Waals surface area contributed by atoms with Crippen molar-refractivity contribution in [2.45, 2.75) is 18.9 Å². The highest BCUT2D eigenvalue weighted by molar-refractivity contribution is 5.80. The van der Waals surface area contributed by atoms with E-state index in [4.69, 9.17) is 9.97 Å². The topological polar surface area (TPSA) is 68.0 Å². The Hall–Kier alpha value is -3.83. The minimum Gasteiger partial charge on any atom is -0.377 e. The van der Waals surface area contributed by atoms with E-state index in [9.17, 15) is 9.90 Å². The van der Waals surface area contributed by atoms with Gasteiger partial charge in [-0.3, -0.25) is 14.3 Å². The van der Waals surface area contributed by atoms with E-state index >= 15 is 0 Å². The van der Waals surface area contributed by atoms with Gasteiger partial charge < -0.3 is 5.11 Å². The molecule has 0 radical (unpaired) electrons. The Kier molecular flexibility index (Phi) is 3.67. The maximum atomic E-state index is 13.4. The summed E-state index contributed by atoms with van der Waals surface area (Å²) in [6, 6.07) is 24.9. The molecule has 1 atom stereocenters. The Morgan fingerprint density at radius 1 is 0.903 bits per heavy atom. The summed E-state index contributed by atoms with van der Waals surface area (Å²) in [5, 5.41) is 13.6. The van der Waals surface area contributed by atoms with Crippen molar-refractivity contribution in [1.29, 1.82) is 0 Å². The van der Waals surface area contributed by atoms with E-state index in [1.807, 2.05) is 73.7 Å². The molecule has 0 saturated carbocycles. The number of nitrogens with zero attached hydrogens (tertiary/aromatic N) is 3. The number of rotatable bonds is 2. The van der Waals surface area contributed by atoms with E-state index in [1.165, 1.54) is 0 Å². The number of aliphatic hydroxyl groups is 1. The molecule has 3 aromatic carbocycles. The van der Waals surface area contributed by atoms with Crippen LogP contribution in [0, 0.1) is 6.92 Å². The second-order valence-corrected chi connectivity index (χ2v) is 8.15. The summed E-state index contributed by atoms with van der Waals surface area (Å²) in [6.45, 7) is 1.98. The molecule has 1 aliphatic heterocycles. The summed E-state index contributed by atoms with van der Waals surface area (Å²) in [7, 11) is 0. The quantitative estimate of drug-likeness (QED) is 0.481. The van der Waals surface area contributed by atoms with Crippen LogP contribution < -0.4 is 5.56 Å². The first-order valence-corrected chi connectivity index (χ1v) is 10.3. The molecule has 0 fully saturated rings. The highest BCUT2D eigenvalue weighted by Gasteiger charge is 2.45. The molecule has 0 aliphatic carbocycles. The van der Waals surface area contributed by atoms with Crippen molar-refractivity contribution < 1.29 is 5.11 Å². The fourth-order valence-electron chi connectivity index (χ4n) is 4.57.